The maximum Gasteiger partial charge on any atom is 0.472 e. The highest BCUT2D eigenvalue weighted by Gasteiger charge is 2.51. The Balaban J connectivity index is 2.51. The van der Waals surface area contributed by atoms with E-state index in [0.29, 0.717) is 25.7 Å². The van der Waals surface area contributed by atoms with Gasteiger partial charge in [-0.3, -0.25) is 18.6 Å². The van der Waals surface area contributed by atoms with Gasteiger partial charge in [0.15, 0.2) is 6.10 Å². The molecule has 0 amide bonds. The molecule has 0 bridgehead atoms. The van der Waals surface area contributed by atoms with Gasteiger partial charge in [0.05, 0.1) is 12.7 Å². The zero-order valence-electron chi connectivity index (χ0n) is 38.7. The number of phosphoric acid groups is 1. The van der Waals surface area contributed by atoms with Crippen LogP contribution in [0.5, 0.6) is 0 Å². The third kappa shape index (κ3) is 30.5. The molecule has 9 atom stereocenters. The Morgan fingerprint density at radius 3 is 1.62 bits per heavy atom. The predicted octanol–water partition coefficient (Wildman–Crippen LogP) is 8.47. The largest absolute Gasteiger partial charge is 0.472 e. The molecule has 0 heterocycles. The van der Waals surface area contributed by atoms with Gasteiger partial charge in [-0.2, -0.15) is 0 Å². The number of rotatable bonds is 38. The van der Waals surface area contributed by atoms with Gasteiger partial charge in [-0.15, -0.1) is 0 Å². The van der Waals surface area contributed by atoms with Crippen LogP contribution in [0.2, 0.25) is 0 Å². The fraction of sp³-hybridized carbons (Fsp3) is 0.714. The second-order valence-electron chi connectivity index (χ2n) is 16.4. The number of hydrogen-bond donors (Lipinski definition) is 7. The minimum absolute atomic E-state index is 0.0245. The lowest BCUT2D eigenvalue weighted by molar-refractivity contribution is -0.220. The number of allylic oxidation sites excluding steroid dienone is 10. The number of hydrogen-bond acceptors (Lipinski definition) is 13. The Labute approximate surface area is 383 Å². The monoisotopic (exact) mass is 927 g/mol. The van der Waals surface area contributed by atoms with Gasteiger partial charge in [-0.1, -0.05) is 177 Å². The smallest absolute Gasteiger partial charge is 0.462 e. The third-order valence-corrected chi connectivity index (χ3v) is 11.6. The van der Waals surface area contributed by atoms with Gasteiger partial charge < -0.3 is 45.0 Å². The van der Waals surface area contributed by atoms with Crippen LogP contribution in [-0.4, -0.2) is 110 Å². The molecular formula is C49H83O14P. The van der Waals surface area contributed by atoms with Gasteiger partial charge in [0.2, 0.25) is 0 Å². The van der Waals surface area contributed by atoms with E-state index in [-0.39, 0.29) is 12.8 Å². The van der Waals surface area contributed by atoms with Crippen molar-refractivity contribution >= 4 is 19.8 Å². The molecule has 1 rings (SSSR count). The minimum atomic E-state index is -5.15. The molecule has 15 heteroatoms. The molecule has 64 heavy (non-hydrogen) atoms. The molecular weight excluding hydrogens is 843 g/mol. The van der Waals surface area contributed by atoms with Crippen molar-refractivity contribution in [1.82, 2.24) is 0 Å². The van der Waals surface area contributed by atoms with Crippen LogP contribution in [0.15, 0.2) is 72.9 Å². The maximum atomic E-state index is 12.8. The van der Waals surface area contributed by atoms with E-state index < -0.39 is 81.8 Å². The molecule has 1 fully saturated rings. The molecule has 4 unspecified atom stereocenters. The van der Waals surface area contributed by atoms with E-state index >= 15 is 0 Å². The summed E-state index contributed by atoms with van der Waals surface area (Å²) in [5.41, 5.74) is 0. The van der Waals surface area contributed by atoms with Crippen molar-refractivity contribution in [3.63, 3.8) is 0 Å². The number of ether oxygens (including phenoxy) is 2. The van der Waals surface area contributed by atoms with Crippen molar-refractivity contribution in [1.29, 1.82) is 0 Å². The van der Waals surface area contributed by atoms with Gasteiger partial charge in [0.1, 0.15) is 43.2 Å². The number of carbonyl (C=O) groups excluding carboxylic acids is 2. The molecule has 1 aliphatic rings. The quantitative estimate of drug-likeness (QED) is 0.0101. The van der Waals surface area contributed by atoms with E-state index in [9.17, 15) is 49.7 Å². The number of aliphatic hydroxyl groups excluding tert-OH is 6. The molecule has 14 nitrogen and oxygen atoms in total. The van der Waals surface area contributed by atoms with E-state index in [0.717, 1.165) is 44.9 Å². The first-order chi connectivity index (χ1) is 30.8. The van der Waals surface area contributed by atoms with Gasteiger partial charge in [0, 0.05) is 12.8 Å². The fourth-order valence-electron chi connectivity index (χ4n) is 6.81. The summed E-state index contributed by atoms with van der Waals surface area (Å²) in [5.74, 6) is -1.22. The molecule has 0 spiro atoms. The Bertz CT molecular complexity index is 1410. The Kier molecular flexibility index (Phi) is 35.5. The number of phosphoric ester groups is 1. The van der Waals surface area contributed by atoms with Crippen molar-refractivity contribution in [2.24, 2.45) is 0 Å². The van der Waals surface area contributed by atoms with Crippen molar-refractivity contribution < 1.29 is 68.2 Å². The van der Waals surface area contributed by atoms with Crippen LogP contribution in [0.25, 0.3) is 0 Å². The van der Waals surface area contributed by atoms with E-state index in [1.165, 1.54) is 64.2 Å². The lowest BCUT2D eigenvalue weighted by Gasteiger charge is -2.41. The predicted molar refractivity (Wildman–Crippen MR) is 250 cm³/mol. The summed E-state index contributed by atoms with van der Waals surface area (Å²) in [6.07, 6.45) is 31.5. The first-order valence-corrected chi connectivity index (χ1v) is 25.3. The van der Waals surface area contributed by atoms with Gasteiger partial charge in [0.25, 0.3) is 0 Å². The molecule has 0 saturated heterocycles. The maximum absolute atomic E-state index is 12.8. The summed E-state index contributed by atoms with van der Waals surface area (Å²) >= 11 is 0. The first-order valence-electron chi connectivity index (χ1n) is 23.8. The lowest BCUT2D eigenvalue weighted by atomic mass is 9.85. The SMILES string of the molecule is CC/C=C\CC(O)/C=C/C=C/C/C=C\C/C=C\C/C=C\CCC(=O)OC[C@H](COP(=O)(O)OC1[C@H](O)[C@H](O)C(O)[C@H](O)[C@H]1O)OC(=O)CCCCCCCCCCCCCCCCC. The second-order valence-corrected chi connectivity index (χ2v) is 17.8. The van der Waals surface area contributed by atoms with Crippen LogP contribution in [0.4, 0.5) is 0 Å². The summed E-state index contributed by atoms with van der Waals surface area (Å²) in [6, 6.07) is 0. The van der Waals surface area contributed by atoms with E-state index in [1.54, 1.807) is 6.08 Å². The summed E-state index contributed by atoms with van der Waals surface area (Å²) in [6.45, 7) is 3.03. The van der Waals surface area contributed by atoms with E-state index in [1.807, 2.05) is 54.7 Å². The molecule has 368 valence electrons. The molecule has 0 aliphatic heterocycles. The van der Waals surface area contributed by atoms with Crippen LogP contribution in [0.3, 0.4) is 0 Å². The molecule has 0 aromatic heterocycles. The van der Waals surface area contributed by atoms with Gasteiger partial charge >= 0.3 is 19.8 Å². The van der Waals surface area contributed by atoms with Gasteiger partial charge in [-0.25, -0.2) is 4.57 Å². The zero-order valence-corrected chi connectivity index (χ0v) is 39.6. The third-order valence-electron chi connectivity index (χ3n) is 10.7. The molecule has 1 saturated carbocycles. The van der Waals surface area contributed by atoms with Crippen molar-refractivity contribution in [3.05, 3.63) is 72.9 Å². The number of esters is 2. The highest BCUT2D eigenvalue weighted by molar-refractivity contribution is 7.47. The number of carbonyl (C=O) groups is 2. The van der Waals surface area contributed by atoms with Gasteiger partial charge in [-0.05, 0) is 44.9 Å². The summed E-state index contributed by atoms with van der Waals surface area (Å²) in [5, 5.41) is 60.0. The fourth-order valence-corrected chi connectivity index (χ4v) is 7.78. The molecule has 0 aromatic rings. The Morgan fingerprint density at radius 1 is 0.578 bits per heavy atom. The molecule has 0 aromatic carbocycles. The number of aliphatic hydroxyl groups is 6. The Morgan fingerprint density at radius 2 is 1.08 bits per heavy atom. The summed E-state index contributed by atoms with van der Waals surface area (Å²) in [4.78, 5) is 35.7. The Hall–Kier alpha value is -2.75. The van der Waals surface area contributed by atoms with Crippen LogP contribution < -0.4 is 0 Å². The lowest BCUT2D eigenvalue weighted by Crippen LogP contribution is -2.64. The highest BCUT2D eigenvalue weighted by atomic mass is 31.2. The number of unbranched alkanes of at least 4 members (excludes halogenated alkanes) is 14. The van der Waals surface area contributed by atoms with Crippen molar-refractivity contribution in [2.75, 3.05) is 13.2 Å². The van der Waals surface area contributed by atoms with Crippen LogP contribution in [0.1, 0.15) is 162 Å². The normalized spacial score (nSPS) is 22.7. The minimum Gasteiger partial charge on any atom is -0.462 e. The topological polar surface area (TPSA) is 230 Å². The van der Waals surface area contributed by atoms with E-state index in [2.05, 4.69) is 26.0 Å². The zero-order chi connectivity index (χ0) is 47.3. The van der Waals surface area contributed by atoms with Crippen LogP contribution in [0, 0.1) is 0 Å². The average molecular weight is 927 g/mol. The summed E-state index contributed by atoms with van der Waals surface area (Å²) < 4.78 is 33.4. The highest BCUT2D eigenvalue weighted by Crippen LogP contribution is 2.47. The molecule has 1 aliphatic carbocycles. The second kappa shape index (κ2) is 38.4. The van der Waals surface area contributed by atoms with Crippen LogP contribution >= 0.6 is 7.82 Å². The van der Waals surface area contributed by atoms with Crippen molar-refractivity contribution in [2.45, 2.75) is 210 Å². The average Bonchev–Trinajstić information content (AvgIpc) is 3.27. The summed E-state index contributed by atoms with van der Waals surface area (Å²) in [7, 11) is -5.15. The molecule has 0 radical (unpaired) electrons. The van der Waals surface area contributed by atoms with Crippen LogP contribution in [-0.2, 0) is 32.7 Å². The van der Waals surface area contributed by atoms with E-state index in [4.69, 9.17) is 18.5 Å². The first kappa shape index (κ1) is 59.3. The van der Waals surface area contributed by atoms with Crippen molar-refractivity contribution in [3.8, 4) is 0 Å². The standard InChI is InChI=1S/C49H83O14P/c1-3-5-7-8-9-10-11-12-13-16-20-23-26-29-33-37-43(52)62-41(39-61-64(58,59)63-49-47(56)45(54)44(53)46(55)48(49)57)38-60-42(51)36-32-28-25-22-19-17-14-15-18-21-24-27-31-35-40(50)34-30-6-4-2/h6,15,17-19,24-25,27-28,30-31,35,40-41,44-50,53-57H,3-5,7-14,16,20-23,26,29,32-34,36-39H2,1-2H3,(H,58,59)/b18-15-,19-17-,27-24+,28-25-,30-6-,35-31+/t40?,41-,44?,45-,46+,47-,48-,49?/m1/s1. The molecule has 7 N–H and O–H groups in total.